The van der Waals surface area contributed by atoms with Crippen LogP contribution >= 0.6 is 0 Å². The van der Waals surface area contributed by atoms with Crippen LogP contribution in [0, 0.1) is 6.92 Å². The summed E-state index contributed by atoms with van der Waals surface area (Å²) in [4.78, 5) is 24.8. The Morgan fingerprint density at radius 3 is 2.72 bits per heavy atom. The molecule has 0 radical (unpaired) electrons. The van der Waals surface area contributed by atoms with Crippen molar-refractivity contribution >= 4 is 33.5 Å². The van der Waals surface area contributed by atoms with E-state index < -0.39 is 5.97 Å². The van der Waals surface area contributed by atoms with Gasteiger partial charge in [-0.05, 0) is 55.8 Å². The van der Waals surface area contributed by atoms with Gasteiger partial charge in [0.2, 0.25) is 0 Å². The molecule has 0 bridgehead atoms. The van der Waals surface area contributed by atoms with Crippen LogP contribution in [0.1, 0.15) is 34.5 Å². The summed E-state index contributed by atoms with van der Waals surface area (Å²) in [7, 11) is 0. The van der Waals surface area contributed by atoms with Crippen LogP contribution in [0.5, 0.6) is 0 Å². The summed E-state index contributed by atoms with van der Waals surface area (Å²) in [5, 5.41) is 27.8. The average molecular weight is 484 g/mol. The number of aromatic carboxylic acids is 1. The first-order chi connectivity index (χ1) is 17.3. The van der Waals surface area contributed by atoms with Crippen molar-refractivity contribution in [3.8, 4) is 11.3 Å². The molecule has 8 heteroatoms. The van der Waals surface area contributed by atoms with Gasteiger partial charge in [0.15, 0.2) is 5.43 Å². The minimum atomic E-state index is -1.02. The maximum Gasteiger partial charge on any atom is 0.337 e. The molecule has 5 aromatic rings. The molecule has 0 aliphatic heterocycles. The number of carbonyl (C=O) groups is 1. The van der Waals surface area contributed by atoms with Gasteiger partial charge in [-0.1, -0.05) is 18.2 Å². The Morgan fingerprint density at radius 1 is 1.14 bits per heavy atom. The second kappa shape index (κ2) is 9.31. The highest BCUT2D eigenvalue weighted by Gasteiger charge is 2.18. The zero-order valence-corrected chi connectivity index (χ0v) is 19.9. The Morgan fingerprint density at radius 2 is 1.94 bits per heavy atom. The zero-order chi connectivity index (χ0) is 25.4. The number of fused-ring (bicyclic) bond motifs is 2. The monoisotopic (exact) mass is 483 g/mol. The molecule has 0 saturated heterocycles. The Bertz CT molecular complexity index is 1670. The highest BCUT2D eigenvalue weighted by atomic mass is 16.4. The summed E-state index contributed by atoms with van der Waals surface area (Å²) >= 11 is 0. The fraction of sp³-hybridized carbons (Fsp3) is 0.179. The lowest BCUT2D eigenvalue weighted by Crippen LogP contribution is -2.12. The number of benzene rings is 3. The van der Waals surface area contributed by atoms with Gasteiger partial charge < -0.3 is 19.9 Å². The third kappa shape index (κ3) is 4.34. The molecule has 1 unspecified atom stereocenters. The molecular weight excluding hydrogens is 458 g/mol. The van der Waals surface area contributed by atoms with Crippen molar-refractivity contribution in [1.29, 1.82) is 0 Å². The summed E-state index contributed by atoms with van der Waals surface area (Å²) in [6, 6.07) is 17.2. The van der Waals surface area contributed by atoms with Gasteiger partial charge in [-0.15, -0.1) is 0 Å². The van der Waals surface area contributed by atoms with Gasteiger partial charge in [0.1, 0.15) is 11.3 Å². The molecule has 2 heterocycles. The lowest BCUT2D eigenvalue weighted by Gasteiger charge is -2.19. The molecule has 0 amide bonds. The lowest BCUT2D eigenvalue weighted by atomic mass is 10.00. The highest BCUT2D eigenvalue weighted by molar-refractivity contribution is 5.94. The van der Waals surface area contributed by atoms with Gasteiger partial charge in [-0.25, -0.2) is 4.79 Å². The molecule has 5 rings (SSSR count). The van der Waals surface area contributed by atoms with Crippen molar-refractivity contribution in [2.45, 2.75) is 26.4 Å². The van der Waals surface area contributed by atoms with Crippen molar-refractivity contribution < 1.29 is 19.4 Å². The summed E-state index contributed by atoms with van der Waals surface area (Å²) in [6.07, 6.45) is 1.84. The number of nitrogens with one attached hydrogen (secondary N) is 1. The number of hydrogen-bond donors (Lipinski definition) is 3. The van der Waals surface area contributed by atoms with Crippen LogP contribution in [0.2, 0.25) is 0 Å². The fourth-order valence-corrected chi connectivity index (χ4v) is 4.45. The molecule has 3 N–H and O–H groups in total. The predicted octanol–water partition coefficient (Wildman–Crippen LogP) is 4.98. The van der Waals surface area contributed by atoms with Crippen LogP contribution in [0.3, 0.4) is 0 Å². The molecule has 3 aromatic carbocycles. The predicted molar refractivity (Wildman–Crippen MR) is 138 cm³/mol. The van der Waals surface area contributed by atoms with Crippen molar-refractivity contribution in [2.75, 3.05) is 11.9 Å². The van der Waals surface area contributed by atoms with Gasteiger partial charge in [0.25, 0.3) is 0 Å². The Hall–Kier alpha value is -4.43. The molecule has 36 heavy (non-hydrogen) atoms. The minimum Gasteiger partial charge on any atom is -0.478 e. The molecule has 0 spiro atoms. The molecule has 8 nitrogen and oxygen atoms in total. The van der Waals surface area contributed by atoms with Crippen LogP contribution in [0.4, 0.5) is 5.69 Å². The van der Waals surface area contributed by atoms with Crippen molar-refractivity contribution in [1.82, 2.24) is 9.78 Å². The number of aliphatic hydroxyl groups excluding tert-OH is 1. The Kier molecular flexibility index (Phi) is 6.03. The summed E-state index contributed by atoms with van der Waals surface area (Å²) in [6.45, 7) is 4.20. The smallest absolute Gasteiger partial charge is 0.337 e. The van der Waals surface area contributed by atoms with E-state index in [2.05, 4.69) is 10.4 Å². The highest BCUT2D eigenvalue weighted by Crippen LogP contribution is 2.32. The largest absolute Gasteiger partial charge is 0.478 e. The van der Waals surface area contributed by atoms with E-state index in [9.17, 15) is 19.8 Å². The van der Waals surface area contributed by atoms with Gasteiger partial charge in [-0.3, -0.25) is 9.48 Å². The topological polar surface area (TPSA) is 118 Å². The third-order valence-corrected chi connectivity index (χ3v) is 6.16. The number of aliphatic hydroxyl groups is 1. The number of aromatic nitrogens is 2. The molecule has 0 saturated carbocycles. The Balaban J connectivity index is 1.60. The van der Waals surface area contributed by atoms with Gasteiger partial charge in [0, 0.05) is 34.5 Å². The van der Waals surface area contributed by atoms with E-state index in [0.29, 0.717) is 29.0 Å². The first kappa shape index (κ1) is 23.3. The second-order valence-electron chi connectivity index (χ2n) is 8.81. The number of carboxylic acid groups (broad SMARTS) is 1. The Labute approximate surface area is 206 Å². The van der Waals surface area contributed by atoms with Crippen LogP contribution in [-0.4, -0.2) is 32.6 Å². The van der Waals surface area contributed by atoms with Crippen LogP contribution in [0.25, 0.3) is 33.2 Å². The molecule has 0 aliphatic carbocycles. The number of aryl methyl sites for hydroxylation is 1. The number of nitrogens with zero attached hydrogens (tertiary/aromatic N) is 2. The van der Waals surface area contributed by atoms with E-state index in [4.69, 9.17) is 4.42 Å². The van der Waals surface area contributed by atoms with E-state index in [-0.39, 0.29) is 23.6 Å². The SMILES string of the molecule is Cc1cc(C(C)Nc2ccccc2C(=O)O)c2oc(-c3ccc4nn(CCO)cc4c3)cc(=O)c2c1. The standard InChI is InChI=1S/C28H25N3O5/c1-16-11-21(17(2)29-24-6-4-3-5-20(24)28(34)35)27-22(12-16)25(33)14-26(36-27)18-7-8-23-19(13-18)15-31(30-23)9-10-32/h3-8,11-15,17,29,32H,9-10H2,1-2H3,(H,34,35). The molecule has 182 valence electrons. The fourth-order valence-electron chi connectivity index (χ4n) is 4.45. The number of anilines is 1. The second-order valence-corrected chi connectivity index (χ2v) is 8.81. The normalized spacial score (nSPS) is 12.2. The van der Waals surface area contributed by atoms with Gasteiger partial charge >= 0.3 is 5.97 Å². The lowest BCUT2D eigenvalue weighted by molar-refractivity contribution is 0.0698. The van der Waals surface area contributed by atoms with E-state index in [1.807, 2.05) is 44.3 Å². The molecule has 0 fully saturated rings. The minimum absolute atomic E-state index is 0.00819. The molecular formula is C28H25N3O5. The molecule has 0 aliphatic rings. The van der Waals surface area contributed by atoms with Crippen LogP contribution < -0.4 is 10.7 Å². The summed E-state index contributed by atoms with van der Waals surface area (Å²) < 4.78 is 8.01. The van der Waals surface area contributed by atoms with Gasteiger partial charge in [0.05, 0.1) is 35.7 Å². The first-order valence-electron chi connectivity index (χ1n) is 11.6. The van der Waals surface area contributed by atoms with Crippen molar-refractivity contribution in [3.05, 3.63) is 93.8 Å². The molecule has 2 aromatic heterocycles. The van der Waals surface area contributed by atoms with E-state index in [1.54, 1.807) is 35.0 Å². The van der Waals surface area contributed by atoms with E-state index >= 15 is 0 Å². The van der Waals surface area contributed by atoms with Crippen molar-refractivity contribution in [2.24, 2.45) is 0 Å². The van der Waals surface area contributed by atoms with E-state index in [1.165, 1.54) is 6.07 Å². The number of rotatable bonds is 7. The summed E-state index contributed by atoms with van der Waals surface area (Å²) in [5.41, 5.74) is 4.10. The third-order valence-electron chi connectivity index (χ3n) is 6.16. The zero-order valence-electron chi connectivity index (χ0n) is 19.9. The van der Waals surface area contributed by atoms with Crippen LogP contribution in [0.15, 0.2) is 76.1 Å². The molecule has 1 atom stereocenters. The van der Waals surface area contributed by atoms with Crippen molar-refractivity contribution in [3.63, 3.8) is 0 Å². The quantitative estimate of drug-likeness (QED) is 0.299. The maximum absolute atomic E-state index is 13.2. The average Bonchev–Trinajstić information content (AvgIpc) is 3.26. The first-order valence-corrected chi connectivity index (χ1v) is 11.6. The summed E-state index contributed by atoms with van der Waals surface area (Å²) in [5.74, 6) is -0.599. The number of para-hydroxylation sites is 1. The van der Waals surface area contributed by atoms with Crippen LogP contribution in [-0.2, 0) is 6.54 Å². The number of carboxylic acids is 1. The van der Waals surface area contributed by atoms with Gasteiger partial charge in [-0.2, -0.15) is 5.10 Å². The number of hydrogen-bond acceptors (Lipinski definition) is 6. The van der Waals surface area contributed by atoms with E-state index in [0.717, 1.165) is 27.6 Å². The maximum atomic E-state index is 13.2.